The molecule has 4 rings (SSSR count). The summed E-state index contributed by atoms with van der Waals surface area (Å²) in [5, 5.41) is 13.8. The lowest BCUT2D eigenvalue weighted by Crippen LogP contribution is -2.35. The Bertz CT molecular complexity index is 1790. The minimum atomic E-state index is -4.09. The molecule has 0 saturated carbocycles. The van der Waals surface area contributed by atoms with Gasteiger partial charge in [-0.2, -0.15) is 5.10 Å². The van der Waals surface area contributed by atoms with E-state index in [1.165, 1.54) is 14.2 Å². The minimum absolute atomic E-state index is 0.0199. The molecule has 16 heteroatoms. The highest BCUT2D eigenvalue weighted by molar-refractivity contribution is 7.92. The molecule has 4 aromatic rings. The maximum absolute atomic E-state index is 13.3. The Balaban J connectivity index is 1.37. The van der Waals surface area contributed by atoms with Crippen LogP contribution in [0.15, 0.2) is 52.1 Å². The molecule has 0 aliphatic carbocycles. The fourth-order valence-electron chi connectivity index (χ4n) is 4.35. The fraction of sp³-hybridized carbons (Fsp3) is 0.400. The lowest BCUT2D eigenvalue weighted by atomic mass is 10.1. The van der Waals surface area contributed by atoms with Crippen molar-refractivity contribution >= 4 is 39.0 Å². The Kier molecular flexibility index (Phi) is 10.6. The number of hydrogen-bond acceptors (Lipinski definition) is 11. The molecule has 46 heavy (non-hydrogen) atoms. The van der Waals surface area contributed by atoms with Crippen LogP contribution in [0.1, 0.15) is 44.4 Å². The Morgan fingerprint density at radius 1 is 0.978 bits per heavy atom. The van der Waals surface area contributed by atoms with Crippen molar-refractivity contribution in [1.82, 2.24) is 25.6 Å². The van der Waals surface area contributed by atoms with E-state index in [9.17, 15) is 18.0 Å². The van der Waals surface area contributed by atoms with Gasteiger partial charge in [0.1, 0.15) is 34.0 Å². The van der Waals surface area contributed by atoms with Crippen LogP contribution in [0.4, 0.5) is 15.4 Å². The molecule has 0 saturated heterocycles. The van der Waals surface area contributed by atoms with Crippen LogP contribution in [0.5, 0.6) is 11.5 Å². The van der Waals surface area contributed by atoms with Gasteiger partial charge in [-0.25, -0.2) is 18.0 Å². The molecule has 0 atom stereocenters. The number of alkyl carbamates (subject to hydrolysis) is 2. The number of ether oxygens (including phenoxy) is 4. The smallest absolute Gasteiger partial charge is 0.407 e. The summed E-state index contributed by atoms with van der Waals surface area (Å²) in [7, 11) is -1.22. The summed E-state index contributed by atoms with van der Waals surface area (Å²) in [6.07, 6.45) is 2.75. The predicted molar refractivity (Wildman–Crippen MR) is 167 cm³/mol. The second-order valence-electron chi connectivity index (χ2n) is 11.1. The first kappa shape index (κ1) is 33.9. The highest BCUT2D eigenvalue weighted by Gasteiger charge is 2.25. The lowest BCUT2D eigenvalue weighted by molar-refractivity contribution is 0.0511. The third-order valence-corrected chi connectivity index (χ3v) is 7.81. The summed E-state index contributed by atoms with van der Waals surface area (Å²) < 4.78 is 57.4. The number of anilines is 1. The Morgan fingerprint density at radius 3 is 2.43 bits per heavy atom. The van der Waals surface area contributed by atoms with Crippen LogP contribution in [-0.4, -0.2) is 68.5 Å². The number of amides is 2. The van der Waals surface area contributed by atoms with Crippen LogP contribution in [0.2, 0.25) is 0 Å². The fourth-order valence-corrected chi connectivity index (χ4v) is 5.58. The van der Waals surface area contributed by atoms with Gasteiger partial charge in [0.05, 0.1) is 33.5 Å². The van der Waals surface area contributed by atoms with E-state index in [2.05, 4.69) is 25.6 Å². The Morgan fingerprint density at radius 2 is 1.74 bits per heavy atom. The first-order valence-corrected chi connectivity index (χ1v) is 15.8. The average molecular weight is 659 g/mol. The molecule has 2 heterocycles. The third kappa shape index (κ3) is 8.80. The van der Waals surface area contributed by atoms with Crippen molar-refractivity contribution in [2.24, 2.45) is 0 Å². The van der Waals surface area contributed by atoms with Crippen molar-refractivity contribution in [2.45, 2.75) is 57.7 Å². The first-order chi connectivity index (χ1) is 21.8. The number of hydrogen-bond donors (Lipinski definition) is 3. The Labute approximate surface area is 266 Å². The molecule has 0 fully saturated rings. The van der Waals surface area contributed by atoms with Crippen LogP contribution < -0.4 is 24.8 Å². The van der Waals surface area contributed by atoms with Gasteiger partial charge in [-0.05, 0) is 62.6 Å². The zero-order chi connectivity index (χ0) is 33.5. The zero-order valence-corrected chi connectivity index (χ0v) is 27.3. The summed E-state index contributed by atoms with van der Waals surface area (Å²) in [5.74, 6) is 0.519. The van der Waals surface area contributed by atoms with Gasteiger partial charge in [-0.1, -0.05) is 18.1 Å². The van der Waals surface area contributed by atoms with Crippen molar-refractivity contribution in [3.63, 3.8) is 0 Å². The third-order valence-electron chi connectivity index (χ3n) is 6.45. The maximum Gasteiger partial charge on any atom is 0.407 e. The second kappa shape index (κ2) is 14.4. The Hall–Kier alpha value is -4.99. The van der Waals surface area contributed by atoms with Crippen molar-refractivity contribution in [2.75, 3.05) is 32.1 Å². The van der Waals surface area contributed by atoms with E-state index in [0.717, 1.165) is 16.7 Å². The van der Waals surface area contributed by atoms with Crippen molar-refractivity contribution < 1.29 is 41.5 Å². The van der Waals surface area contributed by atoms with Gasteiger partial charge in [-0.3, -0.25) is 9.40 Å². The summed E-state index contributed by atoms with van der Waals surface area (Å²) >= 11 is 0. The molecular formula is C30H38N6O9S. The molecule has 3 N–H and O–H groups in total. The molecule has 2 aromatic carbocycles. The zero-order valence-electron chi connectivity index (χ0n) is 26.5. The molecule has 2 aromatic heterocycles. The molecule has 0 aliphatic rings. The quantitative estimate of drug-likeness (QED) is 0.175. The number of nitrogens with one attached hydrogen (secondary N) is 3. The molecule has 0 unspecified atom stereocenters. The number of carbonyl (C=O) groups is 2. The first-order valence-electron chi connectivity index (χ1n) is 14.4. The lowest BCUT2D eigenvalue weighted by Gasteiger charge is -2.19. The van der Waals surface area contributed by atoms with Gasteiger partial charge in [0, 0.05) is 18.3 Å². The molecule has 248 valence electrons. The molecule has 0 bridgehead atoms. The van der Waals surface area contributed by atoms with E-state index in [4.69, 9.17) is 23.5 Å². The van der Waals surface area contributed by atoms with Crippen molar-refractivity contribution in [3.05, 3.63) is 59.4 Å². The van der Waals surface area contributed by atoms with Gasteiger partial charge in [0.15, 0.2) is 11.4 Å². The predicted octanol–water partition coefficient (Wildman–Crippen LogP) is 4.20. The van der Waals surface area contributed by atoms with Crippen molar-refractivity contribution in [1.29, 1.82) is 0 Å². The second-order valence-corrected chi connectivity index (χ2v) is 12.8. The van der Waals surface area contributed by atoms with Gasteiger partial charge in [0.2, 0.25) is 0 Å². The number of sulfonamides is 1. The highest BCUT2D eigenvalue weighted by atomic mass is 32.2. The number of aromatic nitrogens is 3. The summed E-state index contributed by atoms with van der Waals surface area (Å²) in [4.78, 5) is 23.7. The van der Waals surface area contributed by atoms with Crippen LogP contribution in [-0.2, 0) is 39.0 Å². The van der Waals surface area contributed by atoms with E-state index >= 15 is 0 Å². The van der Waals surface area contributed by atoms with Crippen LogP contribution in [0, 0.1) is 0 Å². The van der Waals surface area contributed by atoms with Gasteiger partial charge in [0.25, 0.3) is 10.0 Å². The van der Waals surface area contributed by atoms with Crippen LogP contribution in [0.25, 0.3) is 11.0 Å². The number of methoxy groups -OCH3 is 2. The van der Waals surface area contributed by atoms with E-state index in [-0.39, 0.29) is 36.2 Å². The van der Waals surface area contributed by atoms with Gasteiger partial charge < -0.3 is 34.1 Å². The number of benzene rings is 2. The summed E-state index contributed by atoms with van der Waals surface area (Å²) in [6.45, 7) is 7.74. The normalized spacial score (nSPS) is 11.6. The van der Waals surface area contributed by atoms with E-state index in [1.807, 2.05) is 6.92 Å². The number of rotatable bonds is 13. The van der Waals surface area contributed by atoms with Crippen LogP contribution >= 0.6 is 0 Å². The monoisotopic (exact) mass is 658 g/mol. The molecule has 0 spiro atoms. The number of fused-ring (bicyclic) bond motifs is 1. The summed E-state index contributed by atoms with van der Waals surface area (Å²) in [5.41, 5.74) is 1.97. The number of carbonyl (C=O) groups excluding carboxylic acids is 2. The molecule has 2 amide bonds. The van der Waals surface area contributed by atoms with Crippen molar-refractivity contribution in [3.8, 4) is 11.5 Å². The van der Waals surface area contributed by atoms with E-state index in [1.54, 1.807) is 68.2 Å². The maximum atomic E-state index is 13.3. The average Bonchev–Trinajstić information content (AvgIpc) is 3.62. The van der Waals surface area contributed by atoms with E-state index in [0.29, 0.717) is 29.7 Å². The summed E-state index contributed by atoms with van der Waals surface area (Å²) in [6, 6.07) is 8.42. The van der Waals surface area contributed by atoms with Crippen LogP contribution in [0.3, 0.4) is 0 Å². The van der Waals surface area contributed by atoms with E-state index < -0.39 is 27.8 Å². The number of aryl methyl sites for hydroxylation is 1. The SMILES string of the molecule is CCc1ccc(OC)c(S(=O)(=O)Nc2noc3cc(Cn4cc(CNC(=O)OCCNC(=O)OC(C)(C)C)cn4)cc(OC)c23)c1. The highest BCUT2D eigenvalue weighted by Crippen LogP contribution is 2.36. The molecule has 15 nitrogen and oxygen atoms in total. The largest absolute Gasteiger partial charge is 0.496 e. The topological polar surface area (TPSA) is 185 Å². The number of nitrogens with zero attached hydrogens (tertiary/aromatic N) is 3. The molecule has 0 radical (unpaired) electrons. The molecular weight excluding hydrogens is 620 g/mol. The standard InChI is InChI=1S/C30H38N6O9S/c1-7-19-8-9-22(41-5)25(14-19)46(39,40)35-27-26-23(42-6)12-20(13-24(26)45-34-27)17-36-18-21(16-33-36)15-32-28(37)43-11-10-31-29(38)44-30(2,3)4/h8-9,12-14,16,18H,7,10-11,15,17H2,1-6H3,(H,31,38)(H,32,37)(H,34,35). The van der Waals surface area contributed by atoms with Gasteiger partial charge >= 0.3 is 12.2 Å². The molecule has 0 aliphatic heterocycles. The minimum Gasteiger partial charge on any atom is -0.496 e. The van der Waals surface area contributed by atoms with Gasteiger partial charge in [-0.15, -0.1) is 0 Å².